The van der Waals surface area contributed by atoms with Crippen molar-refractivity contribution in [3.63, 3.8) is 0 Å². The highest BCUT2D eigenvalue weighted by atomic mass is 35.5. The van der Waals surface area contributed by atoms with Crippen molar-refractivity contribution in [2.24, 2.45) is 18.9 Å². The maximum Gasteiger partial charge on any atom is 0.279 e. The van der Waals surface area contributed by atoms with Crippen LogP contribution in [0.1, 0.15) is 25.7 Å². The van der Waals surface area contributed by atoms with E-state index in [0.717, 1.165) is 36.3 Å². The normalized spacial score (nSPS) is 19.4. The first-order chi connectivity index (χ1) is 17.4. The summed E-state index contributed by atoms with van der Waals surface area (Å²) in [5.41, 5.74) is 1.25. The van der Waals surface area contributed by atoms with Crippen molar-refractivity contribution < 1.29 is 4.39 Å². The zero-order chi connectivity index (χ0) is 25.0. The highest BCUT2D eigenvalue weighted by Gasteiger charge is 2.34. The molecule has 3 heterocycles. The van der Waals surface area contributed by atoms with Gasteiger partial charge in [0.2, 0.25) is 5.69 Å². The molecule has 9 heteroatoms. The van der Waals surface area contributed by atoms with E-state index in [9.17, 15) is 9.18 Å². The molecule has 0 radical (unpaired) electrons. The molecule has 2 atom stereocenters. The van der Waals surface area contributed by atoms with Gasteiger partial charge in [-0.15, -0.1) is 0 Å². The van der Waals surface area contributed by atoms with Gasteiger partial charge in [-0.3, -0.25) is 14.0 Å². The van der Waals surface area contributed by atoms with Crippen molar-refractivity contribution in [1.82, 2.24) is 19.3 Å². The van der Waals surface area contributed by atoms with Gasteiger partial charge in [-0.1, -0.05) is 36.6 Å². The molecular formula is C27H24ClFN6O. The number of halogens is 2. The molecule has 1 aliphatic heterocycles. The summed E-state index contributed by atoms with van der Waals surface area (Å²) in [7, 11) is 1.83. The minimum absolute atomic E-state index is 0.0553. The molecule has 7 nitrogen and oxygen atoms in total. The predicted octanol–water partition coefficient (Wildman–Crippen LogP) is 5.76. The first-order valence-electron chi connectivity index (χ1n) is 12.1. The maximum absolute atomic E-state index is 14.7. The molecule has 2 fully saturated rings. The van der Waals surface area contributed by atoms with Gasteiger partial charge in [0.15, 0.2) is 5.82 Å². The Labute approximate surface area is 212 Å². The fourth-order valence-corrected chi connectivity index (χ4v) is 6.01. The smallest absolute Gasteiger partial charge is 0.279 e. The van der Waals surface area contributed by atoms with Gasteiger partial charge in [-0.2, -0.15) is 5.10 Å². The van der Waals surface area contributed by atoms with Crippen molar-refractivity contribution in [1.29, 1.82) is 0 Å². The molecule has 0 N–H and O–H groups in total. The Morgan fingerprint density at radius 1 is 1.14 bits per heavy atom. The lowest BCUT2D eigenvalue weighted by Crippen LogP contribution is -2.40. The summed E-state index contributed by atoms with van der Waals surface area (Å²) >= 11 is 6.72. The van der Waals surface area contributed by atoms with Crippen LogP contribution in [0.15, 0.2) is 47.4 Å². The third-order valence-electron chi connectivity index (χ3n) is 7.54. The van der Waals surface area contributed by atoms with E-state index in [2.05, 4.69) is 14.8 Å². The number of aryl methyl sites for hydroxylation is 1. The number of hydrogen-bond acceptors (Lipinski definition) is 4. The number of rotatable bonds is 3. The van der Waals surface area contributed by atoms with E-state index in [0.29, 0.717) is 23.0 Å². The number of fused-ring (bicyclic) bond motifs is 2. The third-order valence-corrected chi connectivity index (χ3v) is 7.87. The standard InChI is InChI=1S/C27H24ClFN6O/c1-30-23-8-6-17(13-21(23)29)25-31-26(34-11-10-16-4-3-5-18(16)15-34)24(28)27(36)35(25)20-7-9-22-19(12-20)14-33(2)32-22/h6-9,12-14,16,18H,3-5,10-11,15H2,2H3. The Hall–Kier alpha value is -3.70. The predicted molar refractivity (Wildman–Crippen MR) is 138 cm³/mol. The molecule has 0 spiro atoms. The van der Waals surface area contributed by atoms with Gasteiger partial charge >= 0.3 is 0 Å². The van der Waals surface area contributed by atoms with Crippen LogP contribution in [0.25, 0.3) is 32.8 Å². The van der Waals surface area contributed by atoms with Gasteiger partial charge in [-0.25, -0.2) is 14.2 Å². The van der Waals surface area contributed by atoms with E-state index >= 15 is 0 Å². The molecule has 0 amide bonds. The molecule has 0 bridgehead atoms. The average molecular weight is 503 g/mol. The number of aromatic nitrogens is 4. The minimum Gasteiger partial charge on any atom is -0.355 e. The van der Waals surface area contributed by atoms with Gasteiger partial charge in [0.25, 0.3) is 5.56 Å². The van der Waals surface area contributed by atoms with Gasteiger partial charge in [0.05, 0.1) is 17.8 Å². The van der Waals surface area contributed by atoms with Crippen molar-refractivity contribution in [3.05, 3.63) is 75.2 Å². The Kier molecular flexibility index (Phi) is 5.53. The molecule has 182 valence electrons. The lowest BCUT2D eigenvalue weighted by atomic mass is 9.89. The van der Waals surface area contributed by atoms with E-state index in [-0.39, 0.29) is 16.5 Å². The van der Waals surface area contributed by atoms with Gasteiger partial charge in [0, 0.05) is 37.3 Å². The molecule has 1 saturated carbocycles. The van der Waals surface area contributed by atoms with Crippen LogP contribution in [-0.2, 0) is 7.05 Å². The number of hydrogen-bond donors (Lipinski definition) is 0. The fourth-order valence-electron chi connectivity index (χ4n) is 5.77. The SMILES string of the molecule is [C-]#[N+]c1ccc(-c2nc(N3CCC4CCCC4C3)c(Cl)c(=O)n2-c2ccc3nn(C)cc3c2)cc1F. The van der Waals surface area contributed by atoms with E-state index in [4.69, 9.17) is 23.2 Å². The van der Waals surface area contributed by atoms with E-state index < -0.39 is 11.4 Å². The van der Waals surface area contributed by atoms with Crippen LogP contribution in [-0.4, -0.2) is 32.4 Å². The molecule has 2 aromatic heterocycles. The maximum atomic E-state index is 14.7. The molecule has 2 aliphatic rings. The van der Waals surface area contributed by atoms with Crippen LogP contribution < -0.4 is 10.5 Å². The van der Waals surface area contributed by atoms with Crippen LogP contribution in [0.2, 0.25) is 5.02 Å². The van der Waals surface area contributed by atoms with E-state index in [1.807, 2.05) is 25.4 Å². The largest absolute Gasteiger partial charge is 0.355 e. The molecule has 2 unspecified atom stereocenters. The van der Waals surface area contributed by atoms with Crippen LogP contribution in [0, 0.1) is 24.2 Å². The third kappa shape index (κ3) is 3.75. The van der Waals surface area contributed by atoms with Crippen molar-refractivity contribution in [3.8, 4) is 17.1 Å². The molecule has 4 aromatic rings. The molecule has 1 aliphatic carbocycles. The Morgan fingerprint density at radius 3 is 2.78 bits per heavy atom. The quantitative estimate of drug-likeness (QED) is 0.334. The second-order valence-electron chi connectivity index (χ2n) is 9.72. The van der Waals surface area contributed by atoms with E-state index in [1.54, 1.807) is 16.8 Å². The van der Waals surface area contributed by atoms with Crippen LogP contribution >= 0.6 is 11.6 Å². The van der Waals surface area contributed by atoms with Crippen molar-refractivity contribution >= 4 is 34.0 Å². The monoisotopic (exact) mass is 502 g/mol. The summed E-state index contributed by atoms with van der Waals surface area (Å²) in [6, 6.07) is 9.75. The molecule has 6 rings (SSSR count). The molecule has 2 aromatic carbocycles. The lowest BCUT2D eigenvalue weighted by Gasteiger charge is -2.36. The van der Waals surface area contributed by atoms with Gasteiger partial charge in [-0.05, 0) is 48.9 Å². The fraction of sp³-hybridized carbons (Fsp3) is 0.333. The number of benzene rings is 2. The van der Waals surface area contributed by atoms with E-state index in [1.165, 1.54) is 36.0 Å². The molecule has 1 saturated heterocycles. The summed E-state index contributed by atoms with van der Waals surface area (Å²) in [5, 5.41) is 5.31. The van der Waals surface area contributed by atoms with Crippen molar-refractivity contribution in [2.75, 3.05) is 18.0 Å². The Balaban J connectivity index is 1.55. The molecule has 36 heavy (non-hydrogen) atoms. The number of nitrogens with zero attached hydrogens (tertiary/aromatic N) is 6. The zero-order valence-corrected chi connectivity index (χ0v) is 20.5. The summed E-state index contributed by atoms with van der Waals surface area (Å²) in [6.45, 7) is 8.78. The average Bonchev–Trinajstić information content (AvgIpc) is 3.49. The number of anilines is 1. The highest BCUT2D eigenvalue weighted by Crippen LogP contribution is 2.40. The summed E-state index contributed by atoms with van der Waals surface area (Å²) < 4.78 is 17.8. The van der Waals surface area contributed by atoms with Crippen LogP contribution in [0.4, 0.5) is 15.9 Å². The zero-order valence-electron chi connectivity index (χ0n) is 19.8. The Bertz CT molecular complexity index is 1600. The first-order valence-corrected chi connectivity index (χ1v) is 12.5. The van der Waals surface area contributed by atoms with Gasteiger partial charge < -0.3 is 4.90 Å². The second-order valence-corrected chi connectivity index (χ2v) is 10.1. The molecular weight excluding hydrogens is 479 g/mol. The van der Waals surface area contributed by atoms with Gasteiger partial charge in [0.1, 0.15) is 16.7 Å². The summed E-state index contributed by atoms with van der Waals surface area (Å²) in [5.74, 6) is 1.36. The highest BCUT2D eigenvalue weighted by molar-refractivity contribution is 6.32. The van der Waals surface area contributed by atoms with Crippen molar-refractivity contribution in [2.45, 2.75) is 25.7 Å². The van der Waals surface area contributed by atoms with Crippen LogP contribution in [0.3, 0.4) is 0 Å². The lowest BCUT2D eigenvalue weighted by molar-refractivity contribution is 0.322. The topological polar surface area (TPSA) is 60.3 Å². The summed E-state index contributed by atoms with van der Waals surface area (Å²) in [4.78, 5) is 24.0. The second kappa shape index (κ2) is 8.75. The first kappa shape index (κ1) is 22.7. The Morgan fingerprint density at radius 2 is 1.97 bits per heavy atom. The number of piperidine rings is 1. The van der Waals surface area contributed by atoms with Crippen LogP contribution in [0.5, 0.6) is 0 Å². The summed E-state index contributed by atoms with van der Waals surface area (Å²) in [6.07, 6.45) is 6.59. The minimum atomic E-state index is -0.658.